The van der Waals surface area contributed by atoms with Crippen molar-refractivity contribution in [2.24, 2.45) is 0 Å². The van der Waals surface area contributed by atoms with Crippen LogP contribution in [-0.2, 0) is 13.0 Å². The van der Waals surface area contributed by atoms with Crippen molar-refractivity contribution in [2.45, 2.75) is 32.0 Å². The molecule has 0 saturated carbocycles. The highest BCUT2D eigenvalue weighted by Gasteiger charge is 2.20. The highest BCUT2D eigenvalue weighted by molar-refractivity contribution is 7.99. The van der Waals surface area contributed by atoms with Gasteiger partial charge < -0.3 is 0 Å². The Morgan fingerprint density at radius 1 is 1.35 bits per heavy atom. The lowest BCUT2D eigenvalue weighted by Gasteiger charge is -2.04. The Kier molecular flexibility index (Phi) is 5.74. The molecule has 0 aliphatic carbocycles. The largest absolute Gasteiger partial charge is 0.347 e. The van der Waals surface area contributed by atoms with Crippen LogP contribution in [0.15, 0.2) is 52.9 Å². The average molecular weight is 386 g/mol. The van der Waals surface area contributed by atoms with Gasteiger partial charge in [0.15, 0.2) is 10.6 Å². The second-order valence-corrected chi connectivity index (χ2v) is 8.22. The summed E-state index contributed by atoms with van der Waals surface area (Å²) in [6, 6.07) is 9.60. The van der Waals surface area contributed by atoms with Crippen LogP contribution in [0.2, 0.25) is 0 Å². The lowest BCUT2D eigenvalue weighted by atomic mass is 10.1. The summed E-state index contributed by atoms with van der Waals surface area (Å²) in [4.78, 5) is 30.5. The quantitative estimate of drug-likeness (QED) is 0.268. The summed E-state index contributed by atoms with van der Waals surface area (Å²) in [6.45, 7) is 8.21. The third-order valence-electron chi connectivity index (χ3n) is 4.13. The summed E-state index contributed by atoms with van der Waals surface area (Å²) < 4.78 is 1.64. The zero-order chi connectivity index (χ0) is 18.7. The smallest absolute Gasteiger partial charge is 0.293 e. The van der Waals surface area contributed by atoms with Crippen molar-refractivity contribution in [3.63, 3.8) is 0 Å². The topological polar surface area (TPSA) is 53.2 Å². The van der Waals surface area contributed by atoms with E-state index in [1.54, 1.807) is 22.0 Å². The van der Waals surface area contributed by atoms with Crippen molar-refractivity contribution in [3.05, 3.63) is 69.3 Å². The SMILES string of the molecule is C=CCn1c(SCC(=O)c2ccc(CC)cc2)[nH+]c2sc(C)cc2c1=O. The summed E-state index contributed by atoms with van der Waals surface area (Å²) in [5, 5.41) is 1.36. The highest BCUT2D eigenvalue weighted by atomic mass is 32.2. The molecule has 0 fully saturated rings. The van der Waals surface area contributed by atoms with Crippen LogP contribution < -0.4 is 10.5 Å². The van der Waals surface area contributed by atoms with E-state index in [1.807, 2.05) is 37.3 Å². The Morgan fingerprint density at radius 2 is 2.08 bits per heavy atom. The van der Waals surface area contributed by atoms with Gasteiger partial charge in [0.25, 0.3) is 0 Å². The fourth-order valence-electron chi connectivity index (χ4n) is 2.72. The lowest BCUT2D eigenvalue weighted by Crippen LogP contribution is -2.29. The molecule has 3 rings (SSSR count). The van der Waals surface area contributed by atoms with Crippen molar-refractivity contribution < 1.29 is 9.78 Å². The molecule has 3 aromatic rings. The van der Waals surface area contributed by atoms with Crippen molar-refractivity contribution in [1.82, 2.24) is 4.57 Å². The van der Waals surface area contributed by atoms with E-state index in [0.717, 1.165) is 16.1 Å². The second-order valence-electron chi connectivity index (χ2n) is 6.00. The Labute approximate surface area is 160 Å². The number of carbonyl (C=O) groups is 1. The van der Waals surface area contributed by atoms with Crippen molar-refractivity contribution in [3.8, 4) is 0 Å². The number of aryl methyl sites for hydroxylation is 2. The van der Waals surface area contributed by atoms with Crippen LogP contribution in [0.3, 0.4) is 0 Å². The zero-order valence-corrected chi connectivity index (χ0v) is 16.5. The van der Waals surface area contributed by atoms with Gasteiger partial charge in [-0.15, -0.1) is 0 Å². The fourth-order valence-corrected chi connectivity index (χ4v) is 4.61. The Hall–Kier alpha value is -2.18. The molecule has 0 aliphatic rings. The number of hydrogen-bond acceptors (Lipinski definition) is 4. The summed E-state index contributed by atoms with van der Waals surface area (Å²) in [5.41, 5.74) is 1.85. The maximum atomic E-state index is 12.7. The maximum absolute atomic E-state index is 12.7. The first-order valence-corrected chi connectivity index (χ1v) is 10.3. The number of Topliss-reactive ketones (excluding diaryl/α,β-unsaturated/α-hetero) is 1. The van der Waals surface area contributed by atoms with Gasteiger partial charge in [0.1, 0.15) is 11.9 Å². The first kappa shape index (κ1) is 18.6. The van der Waals surface area contributed by atoms with Crippen LogP contribution >= 0.6 is 23.1 Å². The number of thioether (sulfide) groups is 1. The minimum atomic E-state index is -0.0507. The van der Waals surface area contributed by atoms with Gasteiger partial charge in [-0.2, -0.15) is 4.57 Å². The predicted octanol–water partition coefficient (Wildman–Crippen LogP) is 3.91. The van der Waals surface area contributed by atoms with E-state index < -0.39 is 0 Å². The molecule has 134 valence electrons. The van der Waals surface area contributed by atoms with E-state index in [1.165, 1.54) is 17.3 Å². The fraction of sp³-hybridized carbons (Fsp3) is 0.250. The molecule has 0 radical (unpaired) electrons. The number of H-pyrrole nitrogens is 1. The second kappa shape index (κ2) is 8.01. The van der Waals surface area contributed by atoms with Crippen LogP contribution in [0.4, 0.5) is 0 Å². The van der Waals surface area contributed by atoms with Gasteiger partial charge in [-0.05, 0) is 36.7 Å². The molecule has 0 spiro atoms. The number of nitrogens with one attached hydrogen (secondary N) is 1. The number of thiophene rings is 1. The number of hydrogen-bond donors (Lipinski definition) is 0. The first-order chi connectivity index (χ1) is 12.5. The van der Waals surface area contributed by atoms with Crippen LogP contribution in [-0.4, -0.2) is 16.1 Å². The number of ketones is 1. The van der Waals surface area contributed by atoms with Gasteiger partial charge in [-0.25, -0.2) is 9.78 Å². The van der Waals surface area contributed by atoms with Gasteiger partial charge >= 0.3 is 10.7 Å². The lowest BCUT2D eigenvalue weighted by molar-refractivity contribution is -0.404. The molecule has 2 heterocycles. The zero-order valence-electron chi connectivity index (χ0n) is 14.9. The van der Waals surface area contributed by atoms with E-state index in [0.29, 0.717) is 22.7 Å². The molecular formula is C20H21N2O2S2+. The summed E-state index contributed by atoms with van der Waals surface area (Å²) >= 11 is 2.90. The Bertz CT molecular complexity index is 1020. The third kappa shape index (κ3) is 3.81. The first-order valence-electron chi connectivity index (χ1n) is 8.45. The minimum absolute atomic E-state index is 0.0473. The molecule has 0 atom stereocenters. The van der Waals surface area contributed by atoms with E-state index in [2.05, 4.69) is 18.5 Å². The number of nitrogens with zero attached hydrogens (tertiary/aromatic N) is 1. The number of carbonyl (C=O) groups excluding carboxylic acids is 1. The average Bonchev–Trinajstić information content (AvgIpc) is 3.03. The minimum Gasteiger partial charge on any atom is -0.293 e. The van der Waals surface area contributed by atoms with Crippen LogP contribution in [0, 0.1) is 6.92 Å². The van der Waals surface area contributed by atoms with E-state index in [9.17, 15) is 9.59 Å². The van der Waals surface area contributed by atoms with Gasteiger partial charge in [-0.1, -0.05) is 55.2 Å². The monoisotopic (exact) mass is 385 g/mol. The van der Waals surface area contributed by atoms with Crippen LogP contribution in [0.25, 0.3) is 10.2 Å². The molecule has 0 bridgehead atoms. The number of aromatic amines is 1. The van der Waals surface area contributed by atoms with E-state index in [4.69, 9.17) is 0 Å². The number of fused-ring (bicyclic) bond motifs is 1. The van der Waals surface area contributed by atoms with Crippen LogP contribution in [0.5, 0.6) is 0 Å². The molecule has 4 nitrogen and oxygen atoms in total. The van der Waals surface area contributed by atoms with Gasteiger partial charge in [0, 0.05) is 10.4 Å². The van der Waals surface area contributed by atoms with Crippen LogP contribution in [0.1, 0.15) is 27.7 Å². The number of aromatic nitrogens is 2. The van der Waals surface area contributed by atoms with Crippen molar-refractivity contribution >= 4 is 39.1 Å². The molecule has 6 heteroatoms. The molecular weight excluding hydrogens is 364 g/mol. The van der Waals surface area contributed by atoms with Crippen molar-refractivity contribution in [1.29, 1.82) is 0 Å². The summed E-state index contributed by atoms with van der Waals surface area (Å²) in [5.74, 6) is 0.320. The molecule has 1 N–H and O–H groups in total. The maximum Gasteiger partial charge on any atom is 0.347 e. The Morgan fingerprint density at radius 3 is 2.73 bits per heavy atom. The molecule has 0 unspecified atom stereocenters. The van der Waals surface area contributed by atoms with E-state index in [-0.39, 0.29) is 17.1 Å². The summed E-state index contributed by atoms with van der Waals surface area (Å²) in [6.07, 6.45) is 2.64. The molecule has 0 aliphatic heterocycles. The molecule has 2 aromatic heterocycles. The van der Waals surface area contributed by atoms with Gasteiger partial charge in [-0.3, -0.25) is 4.79 Å². The normalized spacial score (nSPS) is 11.0. The highest BCUT2D eigenvalue weighted by Crippen LogP contribution is 2.21. The number of rotatable bonds is 7. The number of benzene rings is 1. The van der Waals surface area contributed by atoms with Crippen molar-refractivity contribution in [2.75, 3.05) is 5.75 Å². The Balaban J connectivity index is 1.87. The predicted molar refractivity (Wildman–Crippen MR) is 108 cm³/mol. The molecule has 26 heavy (non-hydrogen) atoms. The number of allylic oxidation sites excluding steroid dienone is 1. The van der Waals surface area contributed by atoms with E-state index >= 15 is 0 Å². The van der Waals surface area contributed by atoms with Gasteiger partial charge in [0.05, 0.1) is 5.75 Å². The molecule has 0 saturated heterocycles. The standard InChI is InChI=1S/C20H20N2O2S2/c1-4-10-22-19(24)16-11-13(3)26-18(16)21-20(22)25-12-17(23)15-8-6-14(5-2)7-9-15/h4,6-9,11H,1,5,10,12H2,2-3H3/p+1. The van der Waals surface area contributed by atoms with Gasteiger partial charge in [0.2, 0.25) is 0 Å². The molecule has 0 amide bonds. The molecule has 1 aromatic carbocycles. The third-order valence-corrected chi connectivity index (χ3v) is 6.10. The summed E-state index contributed by atoms with van der Waals surface area (Å²) in [7, 11) is 0.